The average molecular weight is 360 g/mol. The van der Waals surface area contributed by atoms with Crippen LogP contribution in [0, 0.1) is 5.92 Å². The maximum absolute atomic E-state index is 12.7. The maximum Gasteiger partial charge on any atom is 0.421 e. The van der Waals surface area contributed by atoms with Gasteiger partial charge in [0.2, 0.25) is 11.0 Å². The van der Waals surface area contributed by atoms with Crippen molar-refractivity contribution in [2.75, 3.05) is 5.32 Å². The number of hydrogen-bond donors (Lipinski definition) is 1. The molecule has 1 N–H and O–H groups in total. The molecule has 0 aliphatic carbocycles. The summed E-state index contributed by atoms with van der Waals surface area (Å²) in [6.07, 6.45) is -2.93. The summed E-state index contributed by atoms with van der Waals surface area (Å²) in [5.41, 5.74) is -2.58. The third-order valence-electron chi connectivity index (χ3n) is 2.94. The minimum atomic E-state index is -4.76. The molecule has 0 radical (unpaired) electrons. The number of pyridine rings is 1. The highest BCUT2D eigenvalue weighted by Gasteiger charge is 2.34. The number of carbonyl (C=O) groups is 1. The summed E-state index contributed by atoms with van der Waals surface area (Å²) < 4.78 is 38.8. The third-order valence-corrected chi connectivity index (χ3v) is 3.80. The van der Waals surface area contributed by atoms with Crippen molar-refractivity contribution in [3.63, 3.8) is 0 Å². The smallest absolute Gasteiger partial charge is 0.306 e. The highest BCUT2D eigenvalue weighted by molar-refractivity contribution is 7.15. The van der Waals surface area contributed by atoms with Crippen LogP contribution in [-0.4, -0.2) is 20.7 Å². The quantitative estimate of drug-likeness (QED) is 0.889. The van der Waals surface area contributed by atoms with Gasteiger partial charge < -0.3 is 4.57 Å². The molecule has 24 heavy (non-hydrogen) atoms. The Bertz CT molecular complexity index is 783. The molecule has 0 fully saturated rings. The van der Waals surface area contributed by atoms with E-state index in [2.05, 4.69) is 15.5 Å². The molecule has 0 saturated heterocycles. The van der Waals surface area contributed by atoms with Gasteiger partial charge >= 0.3 is 6.18 Å². The first kappa shape index (κ1) is 18.1. The summed E-state index contributed by atoms with van der Waals surface area (Å²) >= 11 is 1.19. The molecular formula is C14H15F3N4O2S. The molecule has 0 spiro atoms. The van der Waals surface area contributed by atoms with Gasteiger partial charge in [0, 0.05) is 12.6 Å². The van der Waals surface area contributed by atoms with Gasteiger partial charge in [0.15, 0.2) is 0 Å². The van der Waals surface area contributed by atoms with Crippen molar-refractivity contribution < 1.29 is 18.0 Å². The lowest BCUT2D eigenvalue weighted by Gasteiger charge is -2.09. The monoisotopic (exact) mass is 360 g/mol. The van der Waals surface area contributed by atoms with E-state index in [0.29, 0.717) is 23.0 Å². The summed E-state index contributed by atoms with van der Waals surface area (Å²) in [5.74, 6) is -0.270. The number of amides is 1. The number of nitrogens with one attached hydrogen (secondary N) is 1. The topological polar surface area (TPSA) is 76.9 Å². The fourth-order valence-corrected chi connectivity index (χ4v) is 2.89. The molecule has 0 atom stereocenters. The highest BCUT2D eigenvalue weighted by Crippen LogP contribution is 2.26. The van der Waals surface area contributed by atoms with Crippen LogP contribution in [0.1, 0.15) is 24.4 Å². The second-order valence-corrected chi connectivity index (χ2v) is 6.56. The van der Waals surface area contributed by atoms with E-state index < -0.39 is 29.8 Å². The Balaban J connectivity index is 2.08. The van der Waals surface area contributed by atoms with Crippen LogP contribution in [0.15, 0.2) is 23.1 Å². The van der Waals surface area contributed by atoms with Gasteiger partial charge in [0.25, 0.3) is 5.56 Å². The van der Waals surface area contributed by atoms with Gasteiger partial charge in [-0.05, 0) is 18.1 Å². The van der Waals surface area contributed by atoms with Crippen LogP contribution >= 0.6 is 11.3 Å². The van der Waals surface area contributed by atoms with Crippen molar-refractivity contribution in [3.8, 4) is 0 Å². The first-order valence-corrected chi connectivity index (χ1v) is 7.87. The number of nitrogens with zero attached hydrogens (tertiary/aromatic N) is 3. The van der Waals surface area contributed by atoms with Gasteiger partial charge in [-0.1, -0.05) is 25.2 Å². The Morgan fingerprint density at radius 2 is 2.08 bits per heavy atom. The SMILES string of the molecule is CC(C)Cc1nnc(NC(=O)Cn2cccc(C(F)(F)F)c2=O)s1. The number of anilines is 1. The molecule has 0 bridgehead atoms. The minimum absolute atomic E-state index is 0.246. The van der Waals surface area contributed by atoms with Crippen LogP contribution in [0.4, 0.5) is 18.3 Å². The van der Waals surface area contributed by atoms with Crippen molar-refractivity contribution in [3.05, 3.63) is 39.3 Å². The zero-order chi connectivity index (χ0) is 17.9. The van der Waals surface area contributed by atoms with E-state index >= 15 is 0 Å². The van der Waals surface area contributed by atoms with Crippen LogP contribution in [0.3, 0.4) is 0 Å². The van der Waals surface area contributed by atoms with E-state index in [4.69, 9.17) is 0 Å². The molecule has 1 amide bonds. The van der Waals surface area contributed by atoms with E-state index in [1.165, 1.54) is 11.3 Å². The van der Waals surface area contributed by atoms with Gasteiger partial charge in [-0.3, -0.25) is 14.9 Å². The zero-order valence-corrected chi connectivity index (χ0v) is 13.7. The largest absolute Gasteiger partial charge is 0.421 e. The first-order valence-electron chi connectivity index (χ1n) is 7.05. The molecular weight excluding hydrogens is 345 g/mol. The second-order valence-electron chi connectivity index (χ2n) is 5.50. The Morgan fingerprint density at radius 3 is 2.71 bits per heavy atom. The van der Waals surface area contributed by atoms with Crippen LogP contribution in [0.25, 0.3) is 0 Å². The highest BCUT2D eigenvalue weighted by atomic mass is 32.1. The molecule has 0 saturated carbocycles. The van der Waals surface area contributed by atoms with Crippen molar-refractivity contribution in [2.24, 2.45) is 5.92 Å². The number of carbonyl (C=O) groups excluding carboxylic acids is 1. The molecule has 10 heteroatoms. The van der Waals surface area contributed by atoms with E-state index in [-0.39, 0.29) is 5.13 Å². The predicted octanol–water partition coefficient (Wildman–Crippen LogP) is 2.56. The average Bonchev–Trinajstić information content (AvgIpc) is 2.86. The van der Waals surface area contributed by atoms with E-state index in [9.17, 15) is 22.8 Å². The van der Waals surface area contributed by atoms with Gasteiger partial charge in [-0.15, -0.1) is 10.2 Å². The zero-order valence-electron chi connectivity index (χ0n) is 12.9. The Morgan fingerprint density at radius 1 is 1.38 bits per heavy atom. The lowest BCUT2D eigenvalue weighted by atomic mass is 10.1. The number of halogens is 3. The number of aromatic nitrogens is 3. The molecule has 6 nitrogen and oxygen atoms in total. The lowest BCUT2D eigenvalue weighted by Crippen LogP contribution is -2.31. The van der Waals surface area contributed by atoms with E-state index in [1.807, 2.05) is 13.8 Å². The van der Waals surface area contributed by atoms with Crippen LogP contribution in [0.2, 0.25) is 0 Å². The van der Waals surface area contributed by atoms with Crippen LogP contribution in [0.5, 0.6) is 0 Å². The fraction of sp³-hybridized carbons (Fsp3) is 0.429. The molecule has 2 rings (SSSR count). The minimum Gasteiger partial charge on any atom is -0.306 e. The van der Waals surface area contributed by atoms with E-state index in [0.717, 1.165) is 17.3 Å². The summed E-state index contributed by atoms with van der Waals surface area (Å²) in [7, 11) is 0. The molecule has 0 unspecified atom stereocenters. The second kappa shape index (κ2) is 7.12. The Kier molecular flexibility index (Phi) is 5.37. The Hall–Kier alpha value is -2.23. The summed E-state index contributed by atoms with van der Waals surface area (Å²) in [6.45, 7) is 3.49. The molecule has 0 aliphatic rings. The molecule has 130 valence electrons. The summed E-state index contributed by atoms with van der Waals surface area (Å²) in [6, 6.07) is 1.75. The van der Waals surface area contributed by atoms with E-state index in [1.54, 1.807) is 0 Å². The fourth-order valence-electron chi connectivity index (χ4n) is 1.93. The van der Waals surface area contributed by atoms with Crippen LogP contribution in [-0.2, 0) is 23.9 Å². The first-order chi connectivity index (χ1) is 11.2. The van der Waals surface area contributed by atoms with Crippen molar-refractivity contribution in [1.82, 2.24) is 14.8 Å². The summed E-state index contributed by atoms with van der Waals surface area (Å²) in [5, 5.41) is 11.1. The van der Waals surface area contributed by atoms with Gasteiger partial charge in [-0.2, -0.15) is 13.2 Å². The molecule has 2 heterocycles. The molecule has 0 aliphatic heterocycles. The molecule has 2 aromatic heterocycles. The summed E-state index contributed by atoms with van der Waals surface area (Å²) in [4.78, 5) is 23.7. The molecule has 2 aromatic rings. The Labute approximate surface area is 139 Å². The normalized spacial score (nSPS) is 11.8. The van der Waals surface area contributed by atoms with Gasteiger partial charge in [0.05, 0.1) is 0 Å². The lowest BCUT2D eigenvalue weighted by molar-refractivity contribution is -0.139. The number of hydrogen-bond acceptors (Lipinski definition) is 5. The molecule has 0 aromatic carbocycles. The predicted molar refractivity (Wildman–Crippen MR) is 82.8 cm³/mol. The van der Waals surface area contributed by atoms with Gasteiger partial charge in [-0.25, -0.2) is 0 Å². The third kappa shape index (κ3) is 4.63. The van der Waals surface area contributed by atoms with Crippen LogP contribution < -0.4 is 10.9 Å². The standard InChI is InChI=1S/C14H15F3N4O2S/c1-8(2)6-11-19-20-13(24-11)18-10(22)7-21-5-3-4-9(12(21)23)14(15,16)17/h3-5,8H,6-7H2,1-2H3,(H,18,20,22). The maximum atomic E-state index is 12.7. The number of alkyl halides is 3. The van der Waals surface area contributed by atoms with Crippen molar-refractivity contribution in [1.29, 1.82) is 0 Å². The van der Waals surface area contributed by atoms with Crippen molar-refractivity contribution >= 4 is 22.4 Å². The van der Waals surface area contributed by atoms with Crippen molar-refractivity contribution in [2.45, 2.75) is 33.0 Å². The van der Waals surface area contributed by atoms with Gasteiger partial charge in [0.1, 0.15) is 17.1 Å². The number of rotatable bonds is 5.